The molecular weight excluding hydrogens is 656 g/mol. The number of nitrogens with zero attached hydrogens (tertiary/aromatic N) is 4. The summed E-state index contributed by atoms with van der Waals surface area (Å²) in [5.74, 6) is -0.00869. The molecule has 0 bridgehead atoms. The minimum atomic E-state index is -1.44. The third-order valence-corrected chi connectivity index (χ3v) is 6.43. The van der Waals surface area contributed by atoms with Crippen molar-refractivity contribution < 1.29 is 108 Å². The zero-order valence-corrected chi connectivity index (χ0v) is 23.9. The zero-order valence-electron chi connectivity index (χ0n) is 23.9. The second-order valence-corrected chi connectivity index (χ2v) is 8.93. The Balaban J connectivity index is -0.000000587. The molecule has 0 radical (unpaired) electrons. The number of aromatic nitrogens is 3. The minimum absolute atomic E-state index is 0. The molecule has 47 heavy (non-hydrogen) atoms. The summed E-state index contributed by atoms with van der Waals surface area (Å²) in [5.41, 5.74) is 1.66. The quantitative estimate of drug-likeness (QED) is 0.100. The molecule has 1 aromatic rings. The Kier molecular flexibility index (Phi) is 34.9. The highest BCUT2D eigenvalue weighted by Crippen LogP contribution is 2.28. The Labute approximate surface area is 265 Å². The lowest BCUT2D eigenvalue weighted by atomic mass is 9.83. The van der Waals surface area contributed by atoms with Crippen LogP contribution in [0.15, 0.2) is 23.0 Å². The number of aliphatic imine (C=N–C) groups is 1. The van der Waals surface area contributed by atoms with Crippen LogP contribution in [0.25, 0.3) is 0 Å². The fourth-order valence-corrected chi connectivity index (χ4v) is 4.15. The molecule has 2 fully saturated rings. The molecule has 7 unspecified atom stereocenters. The summed E-state index contributed by atoms with van der Waals surface area (Å²) >= 11 is 0. The van der Waals surface area contributed by atoms with Crippen LogP contribution >= 0.6 is 0 Å². The van der Waals surface area contributed by atoms with Gasteiger partial charge in [0.1, 0.15) is 36.7 Å². The molecule has 4 rings (SSSR count). The van der Waals surface area contributed by atoms with E-state index >= 15 is 0 Å². The summed E-state index contributed by atoms with van der Waals surface area (Å²) in [5, 5.41) is 132. The molecule has 1 aromatic heterocycles. The van der Waals surface area contributed by atoms with Gasteiger partial charge in [-0.05, 0) is 12.8 Å². The van der Waals surface area contributed by atoms with Crippen molar-refractivity contribution in [3.05, 3.63) is 23.7 Å². The van der Waals surface area contributed by atoms with Crippen LogP contribution in [0.2, 0.25) is 0 Å². The average Bonchev–Trinajstić information content (AvgIpc) is 3.77. The van der Waals surface area contributed by atoms with E-state index in [-0.39, 0.29) is 51.2 Å². The van der Waals surface area contributed by atoms with Gasteiger partial charge in [0.05, 0.1) is 38.2 Å². The summed E-state index contributed by atoms with van der Waals surface area (Å²) in [6.07, 6.45) is -1.03. The number of carbonyl (C=O) groups is 1. The van der Waals surface area contributed by atoms with Crippen LogP contribution in [0, 0.1) is 5.92 Å². The molecule has 3 aliphatic rings. The second-order valence-electron chi connectivity index (χ2n) is 8.93. The van der Waals surface area contributed by atoms with E-state index in [1.54, 1.807) is 6.20 Å². The SMILES string of the molecule is C.O=C(Cn1cc(COCC2CCC2O)nn1)C1=CN=C(CC2OC(CO)C(O)C(O)C2O)C1.OO.OO.OO.OO.OO.OOO. The van der Waals surface area contributed by atoms with Crippen molar-refractivity contribution in [2.24, 2.45) is 10.9 Å². The molecule has 1 saturated carbocycles. The fourth-order valence-electron chi connectivity index (χ4n) is 4.15. The average molecular weight is 703 g/mol. The Morgan fingerprint density at radius 3 is 1.94 bits per heavy atom. The first-order chi connectivity index (χ1) is 22.3. The third-order valence-electron chi connectivity index (χ3n) is 6.43. The van der Waals surface area contributed by atoms with E-state index < -0.39 is 37.1 Å². The van der Waals surface area contributed by atoms with Gasteiger partial charge in [0.2, 0.25) is 0 Å². The summed E-state index contributed by atoms with van der Waals surface area (Å²) in [7, 11) is 0. The molecule has 7 atom stereocenters. The molecular formula is C22H46N4O21. The van der Waals surface area contributed by atoms with Gasteiger partial charge in [-0.1, -0.05) is 17.7 Å². The van der Waals surface area contributed by atoms with Crippen LogP contribution < -0.4 is 0 Å². The maximum absolute atomic E-state index is 12.6. The van der Waals surface area contributed by atoms with Crippen LogP contribution in [0.3, 0.4) is 0 Å². The number of aliphatic hydroxyl groups excluding tert-OH is 5. The van der Waals surface area contributed by atoms with Gasteiger partial charge in [-0.2, -0.15) is 0 Å². The van der Waals surface area contributed by atoms with Crippen molar-refractivity contribution in [2.45, 2.75) is 82.9 Å². The van der Waals surface area contributed by atoms with Crippen molar-refractivity contribution in [3.8, 4) is 0 Å². The molecule has 0 amide bonds. The van der Waals surface area contributed by atoms with E-state index in [0.29, 0.717) is 23.6 Å². The zero-order chi connectivity index (χ0) is 36.2. The molecule has 1 aliphatic carbocycles. The van der Waals surface area contributed by atoms with Crippen molar-refractivity contribution in [3.63, 3.8) is 0 Å². The highest BCUT2D eigenvalue weighted by molar-refractivity contribution is 6.04. The number of rotatable bonds is 10. The number of carbonyl (C=O) groups excluding carboxylic acids is 1. The lowest BCUT2D eigenvalue weighted by molar-refractivity contribution is -0.465. The van der Waals surface area contributed by atoms with Gasteiger partial charge in [0, 0.05) is 36.2 Å². The smallest absolute Gasteiger partial charge is 0.182 e. The fraction of sp³-hybridized carbons (Fsp3) is 0.727. The first-order valence-electron chi connectivity index (χ1n) is 12.4. The third kappa shape index (κ3) is 18.0. The number of ether oxygens (including phenoxy) is 2. The first-order valence-corrected chi connectivity index (χ1v) is 12.4. The summed E-state index contributed by atoms with van der Waals surface area (Å²) < 4.78 is 12.5. The maximum Gasteiger partial charge on any atom is 0.182 e. The number of hydrogen-bond acceptors (Lipinski definition) is 24. The first kappa shape index (κ1) is 51.3. The summed E-state index contributed by atoms with van der Waals surface area (Å²) in [6, 6.07) is 0. The van der Waals surface area contributed by atoms with Gasteiger partial charge in [-0.25, -0.2) is 15.2 Å². The largest absolute Gasteiger partial charge is 0.394 e. The topological polar surface area (TPSA) is 432 Å². The number of aliphatic hydroxyl groups is 5. The van der Waals surface area contributed by atoms with E-state index in [4.69, 9.17) is 72.6 Å². The predicted octanol–water partition coefficient (Wildman–Crippen LogP) is -1.23. The van der Waals surface area contributed by atoms with Gasteiger partial charge >= 0.3 is 0 Å². The van der Waals surface area contributed by atoms with E-state index in [9.17, 15) is 30.3 Å². The Bertz CT molecular complexity index is 936. The number of ketones is 1. The standard InChI is InChI=1S/C21H30N4O8.CH4.H2O3.5H2O2/c26-8-18-20(30)21(31)19(29)17(33-18)4-13-3-12(5-22-13)16(28)7-25-6-14(23-24-25)10-32-9-11-1-2-15(11)27;;1-3-2;5*1-2/h5-6,11,15,17-21,26-27,29-31H,1-4,7-10H2;1H4;1-2H;5*1-2H. The summed E-state index contributed by atoms with van der Waals surface area (Å²) in [4.78, 5) is 16.9. The van der Waals surface area contributed by atoms with Crippen molar-refractivity contribution in [1.29, 1.82) is 0 Å². The maximum atomic E-state index is 12.6. The molecule has 280 valence electrons. The highest BCUT2D eigenvalue weighted by atomic mass is 17.4. The van der Waals surface area contributed by atoms with Gasteiger partial charge in [-0.3, -0.25) is 62.4 Å². The van der Waals surface area contributed by atoms with E-state index in [1.807, 2.05) is 0 Å². The van der Waals surface area contributed by atoms with Crippen LogP contribution in [-0.2, 0) is 32.5 Å². The molecule has 25 heteroatoms. The van der Waals surface area contributed by atoms with Crippen LogP contribution in [0.4, 0.5) is 0 Å². The van der Waals surface area contributed by atoms with Crippen LogP contribution in [0.5, 0.6) is 0 Å². The van der Waals surface area contributed by atoms with Crippen molar-refractivity contribution in [2.75, 3.05) is 13.2 Å². The van der Waals surface area contributed by atoms with Crippen molar-refractivity contribution >= 4 is 11.5 Å². The molecule has 2 aliphatic heterocycles. The van der Waals surface area contributed by atoms with Crippen molar-refractivity contribution in [1.82, 2.24) is 15.0 Å². The lowest BCUT2D eigenvalue weighted by Gasteiger charge is -2.40. The Hall–Kier alpha value is -2.58. The second kappa shape index (κ2) is 32.0. The van der Waals surface area contributed by atoms with Crippen LogP contribution in [0.1, 0.15) is 38.8 Å². The molecule has 0 spiro atoms. The van der Waals surface area contributed by atoms with Gasteiger partial charge in [0.25, 0.3) is 0 Å². The van der Waals surface area contributed by atoms with E-state index in [2.05, 4.69) is 20.3 Å². The molecule has 25 nitrogen and oxygen atoms in total. The number of hydrogen-bond donors (Lipinski definition) is 17. The number of allylic oxidation sites excluding steroid dienone is 1. The van der Waals surface area contributed by atoms with Gasteiger partial charge in [-0.15, -0.1) is 5.10 Å². The predicted molar refractivity (Wildman–Crippen MR) is 151 cm³/mol. The number of Topliss-reactive ketones (excluding diaryl/α,β-unsaturated/α-hetero) is 1. The lowest BCUT2D eigenvalue weighted by Crippen LogP contribution is -2.58. The normalized spacial score (nSPS) is 24.9. The Morgan fingerprint density at radius 2 is 1.45 bits per heavy atom. The molecule has 0 aromatic carbocycles. The summed E-state index contributed by atoms with van der Waals surface area (Å²) in [6.45, 7) is 0.216. The van der Waals surface area contributed by atoms with E-state index in [1.165, 1.54) is 10.9 Å². The molecule has 3 heterocycles. The Morgan fingerprint density at radius 1 is 0.894 bits per heavy atom. The van der Waals surface area contributed by atoms with Gasteiger partial charge in [0.15, 0.2) is 5.78 Å². The monoisotopic (exact) mass is 702 g/mol. The molecule has 17 N–H and O–H groups in total. The highest BCUT2D eigenvalue weighted by Gasteiger charge is 2.43. The minimum Gasteiger partial charge on any atom is -0.394 e. The van der Waals surface area contributed by atoms with Gasteiger partial charge < -0.3 is 35.0 Å². The molecule has 1 saturated heterocycles. The van der Waals surface area contributed by atoms with E-state index in [0.717, 1.165) is 12.8 Å². The van der Waals surface area contributed by atoms with Crippen LogP contribution in [-0.4, -0.2) is 165 Å².